The van der Waals surface area contributed by atoms with Crippen molar-refractivity contribution < 1.29 is 13.6 Å². The van der Waals surface area contributed by atoms with Crippen LogP contribution in [-0.2, 0) is 13.6 Å². The van der Waals surface area contributed by atoms with E-state index in [-0.39, 0.29) is 5.22 Å². The summed E-state index contributed by atoms with van der Waals surface area (Å²) >= 11 is 0. The van der Waals surface area contributed by atoms with Crippen molar-refractivity contribution in [2.75, 3.05) is 19.8 Å². The number of rotatable bonds is 11. The second kappa shape index (κ2) is 9.77. The van der Waals surface area contributed by atoms with Crippen LogP contribution < -0.4 is 0 Å². The van der Waals surface area contributed by atoms with Gasteiger partial charge in [-0.2, -0.15) is 0 Å². The minimum absolute atomic E-state index is 0.229. The average molecular weight is 315 g/mol. The summed E-state index contributed by atoms with van der Waals surface area (Å²) in [5, 5.41) is -0.229. The number of hydrogen-bond donors (Lipinski definition) is 0. The minimum Gasteiger partial charge on any atom is -0.393 e. The van der Waals surface area contributed by atoms with Gasteiger partial charge in [0.15, 0.2) is 0 Å². The van der Waals surface area contributed by atoms with Gasteiger partial charge in [0.25, 0.3) is 0 Å². The maximum atomic E-state index is 6.43. The quantitative estimate of drug-likeness (QED) is 0.407. The van der Waals surface area contributed by atoms with E-state index in [0.29, 0.717) is 0 Å². The molecule has 0 N–H and O–H groups in total. The highest BCUT2D eigenvalue weighted by Gasteiger charge is 2.59. The van der Waals surface area contributed by atoms with Crippen molar-refractivity contribution in [1.82, 2.24) is 0 Å². The molecule has 124 valence electrons. The summed E-state index contributed by atoms with van der Waals surface area (Å²) in [6.07, 6.45) is 9.40. The lowest BCUT2D eigenvalue weighted by molar-refractivity contribution is -0.0453. The molecular weight excluding hydrogens is 280 g/mol. The molecule has 21 heavy (non-hydrogen) atoms. The summed E-state index contributed by atoms with van der Waals surface area (Å²) in [4.78, 5) is 0. The first-order chi connectivity index (χ1) is 10.2. The molecule has 1 rings (SSSR count). The van der Waals surface area contributed by atoms with Gasteiger partial charge in [0.1, 0.15) is 5.22 Å². The smallest absolute Gasteiger partial charge is 0.371 e. The molecule has 1 aliphatic rings. The Kier molecular flexibility index (Phi) is 8.79. The molecule has 0 spiro atoms. The third kappa shape index (κ3) is 4.65. The van der Waals surface area contributed by atoms with E-state index >= 15 is 0 Å². The lowest BCUT2D eigenvalue weighted by Crippen LogP contribution is -2.66. The Hall–Kier alpha value is -0.163. The molecule has 1 atom stereocenters. The molecular formula is C17H34O3Si. The van der Waals surface area contributed by atoms with Gasteiger partial charge in [-0.3, -0.25) is 0 Å². The van der Waals surface area contributed by atoms with Crippen LogP contribution in [0, 0.1) is 0 Å². The van der Waals surface area contributed by atoms with Crippen molar-refractivity contribution in [1.29, 1.82) is 0 Å². The van der Waals surface area contributed by atoms with E-state index < -0.39 is 8.56 Å². The monoisotopic (exact) mass is 314 g/mol. The maximum absolute atomic E-state index is 6.43. The summed E-state index contributed by atoms with van der Waals surface area (Å²) in [6, 6.07) is 1.06. The van der Waals surface area contributed by atoms with Crippen LogP contribution in [0.2, 0.25) is 6.04 Å². The first-order valence-electron chi connectivity index (χ1n) is 8.73. The molecule has 0 radical (unpaired) electrons. The first-order valence-corrected chi connectivity index (χ1v) is 10.8. The van der Waals surface area contributed by atoms with Gasteiger partial charge in [0, 0.05) is 19.8 Å². The Morgan fingerprint density at radius 3 is 2.14 bits per heavy atom. The van der Waals surface area contributed by atoms with Crippen LogP contribution in [0.4, 0.5) is 0 Å². The molecule has 4 heteroatoms. The third-order valence-corrected chi connectivity index (χ3v) is 8.51. The zero-order valence-corrected chi connectivity index (χ0v) is 15.3. The second-order valence-corrected chi connectivity index (χ2v) is 9.49. The van der Waals surface area contributed by atoms with E-state index in [4.69, 9.17) is 13.6 Å². The van der Waals surface area contributed by atoms with Crippen molar-refractivity contribution in [2.24, 2.45) is 0 Å². The maximum Gasteiger partial charge on any atom is 0.371 e. The zero-order valence-electron chi connectivity index (χ0n) is 14.3. The first kappa shape index (κ1) is 18.9. The van der Waals surface area contributed by atoms with Gasteiger partial charge >= 0.3 is 8.56 Å². The summed E-state index contributed by atoms with van der Waals surface area (Å²) in [5.74, 6) is 0. The highest BCUT2D eigenvalue weighted by atomic mass is 28.4. The van der Waals surface area contributed by atoms with Gasteiger partial charge in [-0.15, -0.1) is 6.58 Å². The number of hydrogen-bond acceptors (Lipinski definition) is 3. The Morgan fingerprint density at radius 2 is 1.62 bits per heavy atom. The van der Waals surface area contributed by atoms with Crippen molar-refractivity contribution in [3.05, 3.63) is 12.7 Å². The molecule has 0 aliphatic carbocycles. The standard InChI is InChI=1S/C17H34O3Si/c1-5-11-17(18-13-6-2)12-9-10-16-21(17,19-14-7-3)20-15-8-4/h5H,1,6-16H2,2-4H3. The predicted octanol–water partition coefficient (Wildman–Crippen LogP) is 4.75. The van der Waals surface area contributed by atoms with E-state index in [1.807, 2.05) is 6.08 Å². The van der Waals surface area contributed by atoms with Crippen molar-refractivity contribution in [3.8, 4) is 0 Å². The fourth-order valence-electron chi connectivity index (χ4n) is 3.20. The Bertz CT molecular complexity index is 288. The molecule has 1 aliphatic heterocycles. The van der Waals surface area contributed by atoms with Crippen LogP contribution in [0.1, 0.15) is 65.7 Å². The van der Waals surface area contributed by atoms with Gasteiger partial charge in [-0.05, 0) is 38.1 Å². The van der Waals surface area contributed by atoms with Gasteiger partial charge in [0.2, 0.25) is 0 Å². The third-order valence-electron chi connectivity index (χ3n) is 4.17. The SMILES string of the molecule is C=CCC1(OCCC)CCCC[Si]1(OCCC)OCCC. The predicted molar refractivity (Wildman–Crippen MR) is 90.7 cm³/mol. The van der Waals surface area contributed by atoms with E-state index in [9.17, 15) is 0 Å². The van der Waals surface area contributed by atoms with E-state index in [2.05, 4.69) is 27.4 Å². The molecule has 0 amide bonds. The molecule has 0 aromatic carbocycles. The fourth-order valence-corrected chi connectivity index (χ4v) is 7.67. The van der Waals surface area contributed by atoms with Crippen molar-refractivity contribution in [2.45, 2.75) is 77.0 Å². The Balaban J connectivity index is 3.04. The lowest BCUT2D eigenvalue weighted by atomic mass is 10.1. The molecule has 1 saturated heterocycles. The molecule has 0 aromatic heterocycles. The highest BCUT2D eigenvalue weighted by molar-refractivity contribution is 6.70. The highest BCUT2D eigenvalue weighted by Crippen LogP contribution is 2.43. The van der Waals surface area contributed by atoms with Crippen LogP contribution in [0.5, 0.6) is 0 Å². The van der Waals surface area contributed by atoms with Crippen LogP contribution >= 0.6 is 0 Å². The van der Waals surface area contributed by atoms with E-state index in [1.54, 1.807) is 0 Å². The van der Waals surface area contributed by atoms with Crippen LogP contribution in [0.15, 0.2) is 12.7 Å². The normalized spacial score (nSPS) is 24.9. The number of ether oxygens (including phenoxy) is 1. The molecule has 0 aromatic rings. The van der Waals surface area contributed by atoms with Crippen LogP contribution in [-0.4, -0.2) is 33.6 Å². The largest absolute Gasteiger partial charge is 0.393 e. The summed E-state index contributed by atoms with van der Waals surface area (Å²) in [6.45, 7) is 12.8. The molecule has 0 saturated carbocycles. The molecule has 1 unspecified atom stereocenters. The molecule has 0 bridgehead atoms. The van der Waals surface area contributed by atoms with Gasteiger partial charge in [0.05, 0.1) is 0 Å². The van der Waals surface area contributed by atoms with Gasteiger partial charge in [-0.25, -0.2) is 0 Å². The van der Waals surface area contributed by atoms with Crippen molar-refractivity contribution in [3.63, 3.8) is 0 Å². The van der Waals surface area contributed by atoms with E-state index in [0.717, 1.165) is 58.0 Å². The summed E-state index contributed by atoms with van der Waals surface area (Å²) in [7, 11) is -2.36. The topological polar surface area (TPSA) is 27.7 Å². The zero-order chi connectivity index (χ0) is 15.6. The molecule has 1 fully saturated rings. The van der Waals surface area contributed by atoms with Gasteiger partial charge in [-0.1, -0.05) is 39.7 Å². The summed E-state index contributed by atoms with van der Waals surface area (Å²) < 4.78 is 19.3. The molecule has 3 nitrogen and oxygen atoms in total. The Labute approximate surface area is 132 Å². The fraction of sp³-hybridized carbons (Fsp3) is 0.882. The van der Waals surface area contributed by atoms with Crippen LogP contribution in [0.25, 0.3) is 0 Å². The summed E-state index contributed by atoms with van der Waals surface area (Å²) in [5.41, 5.74) is 0. The minimum atomic E-state index is -2.36. The molecule has 1 heterocycles. The second-order valence-electron chi connectivity index (χ2n) is 5.99. The van der Waals surface area contributed by atoms with Crippen LogP contribution in [0.3, 0.4) is 0 Å². The van der Waals surface area contributed by atoms with E-state index in [1.165, 1.54) is 12.8 Å². The van der Waals surface area contributed by atoms with Gasteiger partial charge < -0.3 is 13.6 Å². The lowest BCUT2D eigenvalue weighted by Gasteiger charge is -2.49. The van der Waals surface area contributed by atoms with Crippen molar-refractivity contribution >= 4 is 8.56 Å². The Morgan fingerprint density at radius 1 is 1.00 bits per heavy atom. The average Bonchev–Trinajstić information content (AvgIpc) is 2.51.